The van der Waals surface area contributed by atoms with Gasteiger partial charge in [-0.2, -0.15) is 0 Å². The van der Waals surface area contributed by atoms with Crippen LogP contribution in [0.3, 0.4) is 0 Å². The predicted octanol–water partition coefficient (Wildman–Crippen LogP) is -0.770. The van der Waals surface area contributed by atoms with Gasteiger partial charge in [0.25, 0.3) is 5.91 Å². The van der Waals surface area contributed by atoms with Crippen LogP contribution in [0.1, 0.15) is 25.7 Å². The molecule has 19 heavy (non-hydrogen) atoms. The number of likely N-dealkylation sites (tertiary alicyclic amines) is 1. The highest BCUT2D eigenvalue weighted by Crippen LogP contribution is 2.30. The number of nitrogens with zero attached hydrogens (tertiary/aromatic N) is 1. The maximum Gasteiger partial charge on any atom is 0.252 e. The van der Waals surface area contributed by atoms with Crippen LogP contribution in [0.2, 0.25) is 0 Å². The molecular weight excluding hydrogens is 246 g/mol. The number of ether oxygens (including phenoxy) is 1. The van der Waals surface area contributed by atoms with Gasteiger partial charge in [-0.3, -0.25) is 9.59 Å². The third-order valence-electron chi connectivity index (χ3n) is 4.53. The maximum atomic E-state index is 12.5. The van der Waals surface area contributed by atoms with Gasteiger partial charge in [-0.25, -0.2) is 0 Å². The molecule has 3 aliphatic rings. The van der Waals surface area contributed by atoms with E-state index >= 15 is 0 Å². The van der Waals surface area contributed by atoms with Gasteiger partial charge >= 0.3 is 0 Å². The summed E-state index contributed by atoms with van der Waals surface area (Å²) in [6.07, 6.45) is 3.04. The molecule has 0 aromatic heterocycles. The lowest BCUT2D eigenvalue weighted by atomic mass is 9.91. The summed E-state index contributed by atoms with van der Waals surface area (Å²) in [5.74, 6) is 0.112. The Kier molecular flexibility index (Phi) is 3.45. The second kappa shape index (κ2) is 5.09. The maximum absolute atomic E-state index is 12.5. The number of hydrogen-bond acceptors (Lipinski definition) is 4. The van der Waals surface area contributed by atoms with Crippen molar-refractivity contribution in [2.75, 3.05) is 19.6 Å². The first-order valence-corrected chi connectivity index (χ1v) is 7.14. The Bertz CT molecular complexity index is 387. The molecule has 2 amide bonds. The minimum atomic E-state index is -0.358. The van der Waals surface area contributed by atoms with Crippen LogP contribution in [0.15, 0.2) is 0 Å². The number of hydrogen-bond donors (Lipinski definition) is 2. The fourth-order valence-electron chi connectivity index (χ4n) is 3.47. The van der Waals surface area contributed by atoms with E-state index in [2.05, 4.69) is 5.32 Å². The monoisotopic (exact) mass is 267 g/mol. The number of nitrogens with two attached hydrogens (primary N) is 1. The van der Waals surface area contributed by atoms with Crippen molar-refractivity contribution in [3.63, 3.8) is 0 Å². The number of piperidine rings is 1. The van der Waals surface area contributed by atoms with Gasteiger partial charge < -0.3 is 20.7 Å². The number of rotatable bonds is 2. The van der Waals surface area contributed by atoms with Gasteiger partial charge in [0.05, 0.1) is 18.1 Å². The first-order valence-electron chi connectivity index (χ1n) is 7.14. The van der Waals surface area contributed by atoms with E-state index in [4.69, 9.17) is 10.5 Å². The van der Waals surface area contributed by atoms with E-state index in [1.807, 2.05) is 4.90 Å². The molecule has 106 valence electrons. The van der Waals surface area contributed by atoms with Crippen LogP contribution >= 0.6 is 0 Å². The van der Waals surface area contributed by atoms with Crippen LogP contribution in [0.25, 0.3) is 0 Å². The highest BCUT2D eigenvalue weighted by Gasteiger charge is 2.45. The Morgan fingerprint density at radius 3 is 3.00 bits per heavy atom. The number of amides is 2. The van der Waals surface area contributed by atoms with Crippen molar-refractivity contribution in [2.24, 2.45) is 11.7 Å². The second-order valence-corrected chi connectivity index (χ2v) is 5.65. The molecule has 3 saturated heterocycles. The molecule has 3 aliphatic heterocycles. The molecule has 3 fully saturated rings. The van der Waals surface area contributed by atoms with Crippen molar-refractivity contribution in [2.45, 2.75) is 43.9 Å². The van der Waals surface area contributed by atoms with Crippen molar-refractivity contribution >= 4 is 11.8 Å². The van der Waals surface area contributed by atoms with Crippen LogP contribution in [0, 0.1) is 5.92 Å². The fraction of sp³-hybridized carbons (Fsp3) is 0.846. The van der Waals surface area contributed by atoms with Crippen molar-refractivity contribution in [3.8, 4) is 0 Å². The summed E-state index contributed by atoms with van der Waals surface area (Å²) in [6.45, 7) is 1.79. The van der Waals surface area contributed by atoms with Gasteiger partial charge in [0, 0.05) is 19.6 Å². The fourth-order valence-corrected chi connectivity index (χ4v) is 3.47. The van der Waals surface area contributed by atoms with Gasteiger partial charge in [-0.1, -0.05) is 0 Å². The molecule has 0 radical (unpaired) electrons. The molecule has 4 unspecified atom stereocenters. The summed E-state index contributed by atoms with van der Waals surface area (Å²) in [7, 11) is 0. The molecule has 3 rings (SSSR count). The first-order chi connectivity index (χ1) is 9.20. The van der Waals surface area contributed by atoms with Crippen LogP contribution in [0.4, 0.5) is 0 Å². The topological polar surface area (TPSA) is 84.7 Å². The van der Waals surface area contributed by atoms with Crippen molar-refractivity contribution in [1.82, 2.24) is 10.2 Å². The van der Waals surface area contributed by atoms with E-state index < -0.39 is 0 Å². The van der Waals surface area contributed by atoms with E-state index in [-0.39, 0.29) is 36.0 Å². The lowest BCUT2D eigenvalue weighted by Gasteiger charge is -2.37. The van der Waals surface area contributed by atoms with Gasteiger partial charge in [-0.15, -0.1) is 0 Å². The average Bonchev–Trinajstić information content (AvgIpc) is 3.05. The standard InChI is InChI=1S/C13H21N3O3/c14-6-8-3-4-11(19-8)13(18)16-5-1-2-9-10(16)7-15-12(9)17/h8-11H,1-7,14H2,(H,15,17). The molecule has 0 aromatic rings. The van der Waals surface area contributed by atoms with Crippen molar-refractivity contribution < 1.29 is 14.3 Å². The summed E-state index contributed by atoms with van der Waals surface area (Å²) in [6, 6.07) is 0.0225. The average molecular weight is 267 g/mol. The zero-order valence-corrected chi connectivity index (χ0v) is 11.0. The van der Waals surface area contributed by atoms with Crippen LogP contribution in [0.5, 0.6) is 0 Å². The van der Waals surface area contributed by atoms with Gasteiger partial charge in [0.1, 0.15) is 6.10 Å². The Balaban J connectivity index is 1.68. The molecule has 0 saturated carbocycles. The molecule has 0 aromatic carbocycles. The minimum Gasteiger partial charge on any atom is -0.364 e. The van der Waals surface area contributed by atoms with Crippen molar-refractivity contribution in [3.05, 3.63) is 0 Å². The molecule has 0 bridgehead atoms. The summed E-state index contributed by atoms with van der Waals surface area (Å²) < 4.78 is 5.68. The molecule has 6 nitrogen and oxygen atoms in total. The SMILES string of the molecule is NCC1CCC(C(=O)N2CCCC3C(=O)NCC32)O1. The molecule has 0 aliphatic carbocycles. The number of nitrogens with one attached hydrogen (secondary N) is 1. The molecule has 3 heterocycles. The van der Waals surface area contributed by atoms with E-state index in [1.54, 1.807) is 0 Å². The van der Waals surface area contributed by atoms with E-state index in [9.17, 15) is 9.59 Å². The summed E-state index contributed by atoms with van der Waals surface area (Å²) >= 11 is 0. The molecular formula is C13H21N3O3. The third-order valence-corrected chi connectivity index (χ3v) is 4.53. The van der Waals surface area contributed by atoms with Crippen LogP contribution in [-0.2, 0) is 14.3 Å². The lowest BCUT2D eigenvalue weighted by Crippen LogP contribution is -2.52. The smallest absolute Gasteiger partial charge is 0.252 e. The summed E-state index contributed by atoms with van der Waals surface area (Å²) in [5, 5.41) is 2.86. The zero-order valence-electron chi connectivity index (χ0n) is 11.0. The Morgan fingerprint density at radius 2 is 2.26 bits per heavy atom. The second-order valence-electron chi connectivity index (χ2n) is 5.65. The van der Waals surface area contributed by atoms with E-state index in [0.29, 0.717) is 13.1 Å². The normalized spacial score (nSPS) is 38.2. The summed E-state index contributed by atoms with van der Waals surface area (Å²) in [5.41, 5.74) is 5.57. The predicted molar refractivity (Wildman–Crippen MR) is 68.2 cm³/mol. The van der Waals surface area contributed by atoms with Crippen molar-refractivity contribution in [1.29, 1.82) is 0 Å². The van der Waals surface area contributed by atoms with Crippen LogP contribution in [-0.4, -0.2) is 54.6 Å². The Hall–Kier alpha value is -1.14. The first kappa shape index (κ1) is 12.9. The molecule has 3 N–H and O–H groups in total. The Labute approximate surface area is 112 Å². The molecule has 0 spiro atoms. The third kappa shape index (κ3) is 2.23. The Morgan fingerprint density at radius 1 is 1.42 bits per heavy atom. The van der Waals surface area contributed by atoms with Gasteiger partial charge in [0.2, 0.25) is 5.91 Å². The largest absolute Gasteiger partial charge is 0.364 e. The highest BCUT2D eigenvalue weighted by molar-refractivity contribution is 5.86. The quantitative estimate of drug-likeness (QED) is 0.688. The highest BCUT2D eigenvalue weighted by atomic mass is 16.5. The molecule has 4 atom stereocenters. The van der Waals surface area contributed by atoms with E-state index in [1.165, 1.54) is 0 Å². The summed E-state index contributed by atoms with van der Waals surface area (Å²) in [4.78, 5) is 26.1. The van der Waals surface area contributed by atoms with E-state index in [0.717, 1.165) is 32.2 Å². The number of fused-ring (bicyclic) bond motifs is 1. The molecule has 6 heteroatoms. The zero-order chi connectivity index (χ0) is 13.4. The minimum absolute atomic E-state index is 0.0119. The number of carbonyl (C=O) groups excluding carboxylic acids is 2. The lowest BCUT2D eigenvalue weighted by molar-refractivity contribution is -0.147. The van der Waals surface area contributed by atoms with Gasteiger partial charge in [-0.05, 0) is 25.7 Å². The van der Waals surface area contributed by atoms with Gasteiger partial charge in [0.15, 0.2) is 0 Å². The number of carbonyl (C=O) groups is 2. The van der Waals surface area contributed by atoms with Crippen LogP contribution < -0.4 is 11.1 Å².